The van der Waals surface area contributed by atoms with E-state index in [2.05, 4.69) is 22.1 Å². The van der Waals surface area contributed by atoms with E-state index in [1.807, 2.05) is 11.5 Å². The number of nitrogens with zero attached hydrogens (tertiary/aromatic N) is 3. The van der Waals surface area contributed by atoms with Crippen molar-refractivity contribution >= 4 is 40.9 Å². The molecule has 8 heteroatoms. The highest BCUT2D eigenvalue weighted by Crippen LogP contribution is 2.21. The number of hydrogen-bond donors (Lipinski definition) is 1. The molecule has 1 N–H and O–H groups in total. The number of rotatable bonds is 7. The largest absolute Gasteiger partial charge is 0.351 e. The van der Waals surface area contributed by atoms with Gasteiger partial charge in [-0.15, -0.1) is 16.8 Å². The van der Waals surface area contributed by atoms with E-state index in [0.29, 0.717) is 28.3 Å². The van der Waals surface area contributed by atoms with Crippen molar-refractivity contribution in [1.82, 2.24) is 20.1 Å². The van der Waals surface area contributed by atoms with E-state index in [4.69, 9.17) is 23.2 Å². The van der Waals surface area contributed by atoms with Crippen molar-refractivity contribution in [3.05, 3.63) is 52.3 Å². The van der Waals surface area contributed by atoms with Crippen LogP contribution in [0, 0.1) is 6.92 Å². The number of benzene rings is 1. The Balaban J connectivity index is 1.87. The van der Waals surface area contributed by atoms with Crippen LogP contribution in [-0.2, 0) is 17.9 Å². The zero-order valence-corrected chi connectivity index (χ0v) is 14.9. The monoisotopic (exact) mass is 370 g/mol. The average molecular weight is 371 g/mol. The van der Waals surface area contributed by atoms with Crippen LogP contribution in [0.5, 0.6) is 0 Å². The second kappa shape index (κ2) is 8.38. The van der Waals surface area contributed by atoms with Gasteiger partial charge in [0, 0.05) is 23.1 Å². The second-order valence-electron chi connectivity index (χ2n) is 4.73. The van der Waals surface area contributed by atoms with Gasteiger partial charge in [0.15, 0.2) is 5.16 Å². The maximum atomic E-state index is 12.0. The Labute approximate surface area is 149 Å². The molecule has 0 unspecified atom stereocenters. The highest BCUT2D eigenvalue weighted by atomic mass is 35.5. The predicted molar refractivity (Wildman–Crippen MR) is 94.0 cm³/mol. The number of amides is 1. The molecule has 122 valence electrons. The number of aryl methyl sites for hydroxylation is 1. The van der Waals surface area contributed by atoms with Crippen molar-refractivity contribution in [2.75, 3.05) is 5.75 Å². The first-order valence-electron chi connectivity index (χ1n) is 6.85. The molecule has 0 radical (unpaired) electrons. The predicted octanol–water partition coefficient (Wildman–Crippen LogP) is 3.49. The molecule has 0 atom stereocenters. The van der Waals surface area contributed by atoms with Crippen LogP contribution in [0.3, 0.4) is 0 Å². The molecule has 1 aromatic carbocycles. The lowest BCUT2D eigenvalue weighted by Gasteiger charge is -2.08. The van der Waals surface area contributed by atoms with Crippen LogP contribution >= 0.6 is 35.0 Å². The summed E-state index contributed by atoms with van der Waals surface area (Å²) in [5, 5.41) is 12.7. The smallest absolute Gasteiger partial charge is 0.230 e. The molecule has 0 saturated heterocycles. The van der Waals surface area contributed by atoms with Gasteiger partial charge in [0.1, 0.15) is 5.82 Å². The zero-order chi connectivity index (χ0) is 16.8. The number of halogens is 2. The van der Waals surface area contributed by atoms with E-state index in [1.54, 1.807) is 24.3 Å². The molecule has 1 amide bonds. The Hall–Kier alpha value is -1.50. The maximum absolute atomic E-state index is 12.0. The molecular formula is C15H16Cl2N4OS. The number of carbonyl (C=O) groups excluding carboxylic acids is 1. The van der Waals surface area contributed by atoms with Gasteiger partial charge in [-0.25, -0.2) is 0 Å². The van der Waals surface area contributed by atoms with E-state index < -0.39 is 0 Å². The fourth-order valence-corrected chi connectivity index (χ4v) is 3.15. The van der Waals surface area contributed by atoms with Gasteiger partial charge in [-0.2, -0.15) is 0 Å². The lowest BCUT2D eigenvalue weighted by Crippen LogP contribution is -2.24. The number of thioether (sulfide) groups is 1. The van der Waals surface area contributed by atoms with Crippen molar-refractivity contribution in [2.24, 2.45) is 0 Å². The Morgan fingerprint density at radius 1 is 1.43 bits per heavy atom. The summed E-state index contributed by atoms with van der Waals surface area (Å²) in [5.41, 5.74) is 0.820. The van der Waals surface area contributed by atoms with Gasteiger partial charge in [0.2, 0.25) is 5.91 Å². The molecule has 0 aliphatic heterocycles. The molecular weight excluding hydrogens is 355 g/mol. The number of allylic oxidation sites excluding steroid dienone is 1. The number of aromatic nitrogens is 3. The highest BCUT2D eigenvalue weighted by molar-refractivity contribution is 7.99. The third kappa shape index (κ3) is 4.99. The third-order valence-corrected chi connectivity index (χ3v) is 4.59. The van der Waals surface area contributed by atoms with Crippen LogP contribution in [-0.4, -0.2) is 26.4 Å². The standard InChI is InChI=1S/C15H16Cl2N4OS/c1-3-6-21-10(2)19-20-15(21)23-9-14(22)18-8-11-4-5-12(16)7-13(11)17/h3-5,7H,1,6,8-9H2,2H3,(H,18,22). The van der Waals surface area contributed by atoms with Crippen molar-refractivity contribution in [1.29, 1.82) is 0 Å². The SMILES string of the molecule is C=CCn1c(C)nnc1SCC(=O)NCc1ccc(Cl)cc1Cl. The first-order chi connectivity index (χ1) is 11.0. The molecule has 0 aliphatic rings. The van der Waals surface area contributed by atoms with Crippen LogP contribution in [0.4, 0.5) is 0 Å². The lowest BCUT2D eigenvalue weighted by atomic mass is 10.2. The molecule has 23 heavy (non-hydrogen) atoms. The number of carbonyl (C=O) groups is 1. The van der Waals surface area contributed by atoms with Crippen LogP contribution in [0.25, 0.3) is 0 Å². The summed E-state index contributed by atoms with van der Waals surface area (Å²) >= 11 is 13.2. The van der Waals surface area contributed by atoms with Gasteiger partial charge in [-0.1, -0.05) is 47.1 Å². The number of hydrogen-bond acceptors (Lipinski definition) is 4. The first-order valence-corrected chi connectivity index (χ1v) is 8.59. The van der Waals surface area contributed by atoms with Crippen LogP contribution < -0.4 is 5.32 Å². The molecule has 2 rings (SSSR count). The Kier molecular flexibility index (Phi) is 6.50. The number of nitrogens with one attached hydrogen (secondary N) is 1. The lowest BCUT2D eigenvalue weighted by molar-refractivity contribution is -0.118. The van der Waals surface area contributed by atoms with Gasteiger partial charge < -0.3 is 9.88 Å². The summed E-state index contributed by atoms with van der Waals surface area (Å²) in [7, 11) is 0. The van der Waals surface area contributed by atoms with Crippen LogP contribution in [0.2, 0.25) is 10.0 Å². The quantitative estimate of drug-likeness (QED) is 0.598. The summed E-state index contributed by atoms with van der Waals surface area (Å²) < 4.78 is 1.90. The third-order valence-electron chi connectivity index (χ3n) is 3.04. The van der Waals surface area contributed by atoms with Crippen molar-refractivity contribution in [2.45, 2.75) is 25.2 Å². The van der Waals surface area contributed by atoms with E-state index in [0.717, 1.165) is 11.4 Å². The van der Waals surface area contributed by atoms with E-state index in [1.165, 1.54) is 11.8 Å². The van der Waals surface area contributed by atoms with E-state index in [9.17, 15) is 4.79 Å². The summed E-state index contributed by atoms with van der Waals surface area (Å²) in [6.45, 7) is 6.54. The summed E-state index contributed by atoms with van der Waals surface area (Å²) in [6, 6.07) is 5.19. The topological polar surface area (TPSA) is 59.8 Å². The molecule has 0 fully saturated rings. The average Bonchev–Trinajstić information content (AvgIpc) is 2.85. The molecule has 0 bridgehead atoms. The highest BCUT2D eigenvalue weighted by Gasteiger charge is 2.11. The first kappa shape index (κ1) is 17.8. The molecule has 0 saturated carbocycles. The molecule has 1 aromatic heterocycles. The van der Waals surface area contributed by atoms with Gasteiger partial charge in [0.25, 0.3) is 0 Å². The molecule has 2 aromatic rings. The van der Waals surface area contributed by atoms with Crippen LogP contribution in [0.1, 0.15) is 11.4 Å². The Morgan fingerprint density at radius 3 is 2.91 bits per heavy atom. The second-order valence-corrected chi connectivity index (χ2v) is 6.52. The zero-order valence-electron chi connectivity index (χ0n) is 12.6. The minimum Gasteiger partial charge on any atom is -0.351 e. The molecule has 5 nitrogen and oxygen atoms in total. The van der Waals surface area contributed by atoms with Crippen molar-refractivity contribution in [3.8, 4) is 0 Å². The van der Waals surface area contributed by atoms with Gasteiger partial charge in [-0.05, 0) is 24.6 Å². The molecule has 1 heterocycles. The molecule has 0 aliphatic carbocycles. The van der Waals surface area contributed by atoms with Gasteiger partial charge in [0.05, 0.1) is 5.75 Å². The van der Waals surface area contributed by atoms with Gasteiger partial charge >= 0.3 is 0 Å². The summed E-state index contributed by atoms with van der Waals surface area (Å²) in [6.07, 6.45) is 1.77. The summed E-state index contributed by atoms with van der Waals surface area (Å²) in [4.78, 5) is 12.0. The van der Waals surface area contributed by atoms with E-state index >= 15 is 0 Å². The Bertz CT molecular complexity index is 717. The van der Waals surface area contributed by atoms with E-state index in [-0.39, 0.29) is 11.7 Å². The minimum atomic E-state index is -0.105. The fourth-order valence-electron chi connectivity index (χ4n) is 1.85. The van der Waals surface area contributed by atoms with Crippen molar-refractivity contribution in [3.63, 3.8) is 0 Å². The minimum absolute atomic E-state index is 0.105. The summed E-state index contributed by atoms with van der Waals surface area (Å²) in [5.74, 6) is 0.938. The van der Waals surface area contributed by atoms with Gasteiger partial charge in [-0.3, -0.25) is 4.79 Å². The maximum Gasteiger partial charge on any atom is 0.230 e. The molecule has 0 spiro atoms. The van der Waals surface area contributed by atoms with Crippen molar-refractivity contribution < 1.29 is 4.79 Å². The Morgan fingerprint density at radius 2 is 2.22 bits per heavy atom. The fraction of sp³-hybridized carbons (Fsp3) is 0.267. The normalized spacial score (nSPS) is 10.6. The van der Waals surface area contributed by atoms with Crippen LogP contribution in [0.15, 0.2) is 36.0 Å².